The van der Waals surface area contributed by atoms with Crippen molar-refractivity contribution in [1.29, 1.82) is 0 Å². The van der Waals surface area contributed by atoms with Gasteiger partial charge in [0.15, 0.2) is 5.82 Å². The molecule has 1 fully saturated rings. The number of aromatic hydroxyl groups is 1. The molecule has 10 nitrogen and oxygen atoms in total. The molecule has 1 saturated heterocycles. The number of hydrogen-bond acceptors (Lipinski definition) is 7. The lowest BCUT2D eigenvalue weighted by Gasteiger charge is -2.30. The molecule has 1 aromatic rings. The number of nitrogens with one attached hydrogen (secondary N) is 1. The van der Waals surface area contributed by atoms with E-state index in [9.17, 15) is 23.1 Å². The van der Waals surface area contributed by atoms with Crippen LogP contribution in [0, 0.1) is 11.7 Å². The van der Waals surface area contributed by atoms with Crippen molar-refractivity contribution in [3.63, 3.8) is 0 Å². The molecule has 1 aromatic carbocycles. The maximum atomic E-state index is 15.3. The lowest BCUT2D eigenvalue weighted by molar-refractivity contribution is -0.117. The Balaban J connectivity index is 1.84. The van der Waals surface area contributed by atoms with Gasteiger partial charge >= 0.3 is 16.3 Å². The van der Waals surface area contributed by atoms with Crippen LogP contribution in [-0.4, -0.2) is 61.8 Å². The summed E-state index contributed by atoms with van der Waals surface area (Å²) in [5, 5.41) is 10.3. The van der Waals surface area contributed by atoms with Crippen molar-refractivity contribution in [3.05, 3.63) is 17.4 Å². The molecule has 3 rings (SSSR count). The number of carbonyl (C=O) groups excluding carboxylic acids is 2. The maximum absolute atomic E-state index is 15.3. The first-order chi connectivity index (χ1) is 14.7. The van der Waals surface area contributed by atoms with Crippen LogP contribution in [-0.2, 0) is 26.2 Å². The zero-order valence-electron chi connectivity index (χ0n) is 18.6. The van der Waals surface area contributed by atoms with Gasteiger partial charge in [-0.15, -0.1) is 0 Å². The zero-order valence-corrected chi connectivity index (χ0v) is 19.5. The molecule has 0 spiro atoms. The molecule has 2 amide bonds. The number of phenolic OH excluding ortho intramolecular Hbond substituents is 1. The first-order valence-electron chi connectivity index (χ1n) is 10.2. The monoisotopic (exact) mass is 473 g/mol. The number of amides is 2. The zero-order chi connectivity index (χ0) is 24.0. The lowest BCUT2D eigenvalue weighted by atomic mass is 10.1. The number of rotatable bonds is 5. The number of halogens is 1. The molecular weight excluding hydrogens is 445 g/mol. The quantitative estimate of drug-likeness (QED) is 0.669. The normalized spacial score (nSPS) is 19.5. The minimum absolute atomic E-state index is 0.0428. The Hall–Kier alpha value is -2.76. The van der Waals surface area contributed by atoms with E-state index in [2.05, 4.69) is 0 Å². The maximum Gasteiger partial charge on any atom is 0.410 e. The number of nitrogens with zero attached hydrogens (tertiary/aromatic N) is 2. The Labute approximate surface area is 186 Å². The van der Waals surface area contributed by atoms with E-state index in [1.807, 2.05) is 13.8 Å². The van der Waals surface area contributed by atoms with E-state index in [1.54, 1.807) is 25.5 Å². The Morgan fingerprint density at radius 3 is 2.62 bits per heavy atom. The fraction of sp³-hybridized carbons (Fsp3) is 0.600. The molecular formula is C20H28FN3O7S. The second kappa shape index (κ2) is 8.30. The first kappa shape index (κ1) is 23.9. The summed E-state index contributed by atoms with van der Waals surface area (Å²) in [5.74, 6) is -2.30. The minimum atomic E-state index is -4.30. The van der Waals surface area contributed by atoms with Crippen molar-refractivity contribution in [2.75, 3.05) is 23.9 Å². The molecule has 178 valence electrons. The van der Waals surface area contributed by atoms with Gasteiger partial charge in [-0.3, -0.25) is 4.79 Å². The highest BCUT2D eigenvalue weighted by Gasteiger charge is 2.40. The van der Waals surface area contributed by atoms with Crippen molar-refractivity contribution in [2.24, 2.45) is 5.92 Å². The van der Waals surface area contributed by atoms with Crippen molar-refractivity contribution in [1.82, 2.24) is 9.62 Å². The van der Waals surface area contributed by atoms with Crippen LogP contribution < -0.4 is 13.8 Å². The molecule has 12 heteroatoms. The fourth-order valence-corrected chi connectivity index (χ4v) is 4.77. The van der Waals surface area contributed by atoms with Crippen molar-refractivity contribution >= 4 is 27.9 Å². The van der Waals surface area contributed by atoms with Crippen LogP contribution in [0.4, 0.5) is 14.9 Å². The first-order valence-corrected chi connectivity index (χ1v) is 11.6. The molecule has 0 radical (unpaired) electrons. The number of anilines is 1. The number of benzene rings is 1. The lowest BCUT2D eigenvalue weighted by Crippen LogP contribution is -2.43. The second-order valence-corrected chi connectivity index (χ2v) is 10.9. The van der Waals surface area contributed by atoms with Gasteiger partial charge < -0.3 is 19.5 Å². The van der Waals surface area contributed by atoms with Crippen LogP contribution in [0.5, 0.6) is 11.5 Å². The topological polar surface area (TPSA) is 125 Å². The van der Waals surface area contributed by atoms with Gasteiger partial charge in [-0.05, 0) is 26.7 Å². The van der Waals surface area contributed by atoms with Gasteiger partial charge in [0.1, 0.15) is 35.4 Å². The Morgan fingerprint density at radius 2 is 2.09 bits per heavy atom. The van der Waals surface area contributed by atoms with E-state index >= 15 is 4.39 Å². The summed E-state index contributed by atoms with van der Waals surface area (Å²) in [6.07, 6.45) is -1.11. The standard InChI is InChI=1S/C20H28FN3O7S/c1-11(2)8-23(19(27)31-20(3,4)5)9-12-6-13-15(30-12)7-14(25)18(17(13)21)24-10-16(26)22-32(24,28)29/h7,11-12,25H,6,8-10H2,1-5H3,(H,22,26). The molecule has 2 aliphatic rings. The minimum Gasteiger partial charge on any atom is -0.505 e. The predicted molar refractivity (Wildman–Crippen MR) is 113 cm³/mol. The average Bonchev–Trinajstić information content (AvgIpc) is 3.12. The number of carbonyl (C=O) groups is 2. The van der Waals surface area contributed by atoms with E-state index in [1.165, 1.54) is 4.90 Å². The van der Waals surface area contributed by atoms with Gasteiger partial charge in [-0.2, -0.15) is 8.42 Å². The second-order valence-electron chi connectivity index (χ2n) is 9.30. The van der Waals surface area contributed by atoms with Crippen LogP contribution in [0.1, 0.15) is 40.2 Å². The average molecular weight is 474 g/mol. The summed E-state index contributed by atoms with van der Waals surface area (Å²) in [6.45, 7) is 9.01. The molecule has 0 aromatic heterocycles. The van der Waals surface area contributed by atoms with Crippen LogP contribution in [0.25, 0.3) is 0 Å². The van der Waals surface area contributed by atoms with Crippen LogP contribution >= 0.6 is 0 Å². The van der Waals surface area contributed by atoms with E-state index in [0.29, 0.717) is 10.8 Å². The molecule has 2 aliphatic heterocycles. The molecule has 32 heavy (non-hydrogen) atoms. The highest BCUT2D eigenvalue weighted by atomic mass is 32.2. The third-order valence-electron chi connectivity index (χ3n) is 4.74. The largest absolute Gasteiger partial charge is 0.505 e. The highest BCUT2D eigenvalue weighted by Crippen LogP contribution is 2.43. The van der Waals surface area contributed by atoms with Crippen molar-refractivity contribution in [2.45, 2.75) is 52.7 Å². The number of phenols is 1. The summed E-state index contributed by atoms with van der Waals surface area (Å²) in [5.41, 5.74) is -1.24. The number of ether oxygens (including phenoxy) is 2. The van der Waals surface area contributed by atoms with Crippen molar-refractivity contribution in [3.8, 4) is 11.5 Å². The van der Waals surface area contributed by atoms with Crippen molar-refractivity contribution < 1.29 is 37.0 Å². The summed E-state index contributed by atoms with van der Waals surface area (Å²) < 4.78 is 52.9. The fourth-order valence-electron chi connectivity index (χ4n) is 3.61. The summed E-state index contributed by atoms with van der Waals surface area (Å²) >= 11 is 0. The van der Waals surface area contributed by atoms with Gasteiger partial charge in [-0.25, -0.2) is 18.2 Å². The Bertz CT molecular complexity index is 1040. The molecule has 0 saturated carbocycles. The van der Waals surface area contributed by atoms with Gasteiger partial charge in [0.05, 0.1) is 6.54 Å². The van der Waals surface area contributed by atoms with Gasteiger partial charge in [0.25, 0.3) is 5.91 Å². The Kier molecular flexibility index (Phi) is 6.20. The van der Waals surface area contributed by atoms with Crippen LogP contribution in [0.15, 0.2) is 6.07 Å². The van der Waals surface area contributed by atoms with Gasteiger partial charge in [0, 0.05) is 24.6 Å². The van der Waals surface area contributed by atoms with Crippen LogP contribution in [0.3, 0.4) is 0 Å². The molecule has 1 unspecified atom stereocenters. The van der Waals surface area contributed by atoms with E-state index in [4.69, 9.17) is 9.47 Å². The molecule has 1 atom stereocenters. The third kappa shape index (κ3) is 5.00. The molecule has 0 aliphatic carbocycles. The van der Waals surface area contributed by atoms with E-state index < -0.39 is 57.7 Å². The molecule has 2 N–H and O–H groups in total. The molecule has 2 heterocycles. The smallest absolute Gasteiger partial charge is 0.410 e. The van der Waals surface area contributed by atoms with Gasteiger partial charge in [0.2, 0.25) is 0 Å². The molecule has 0 bridgehead atoms. The number of hydrogen-bond donors (Lipinski definition) is 2. The summed E-state index contributed by atoms with van der Waals surface area (Å²) in [6, 6.07) is 1.12. The Morgan fingerprint density at radius 1 is 1.44 bits per heavy atom. The van der Waals surface area contributed by atoms with E-state index in [-0.39, 0.29) is 30.2 Å². The van der Waals surface area contributed by atoms with E-state index in [0.717, 1.165) is 6.07 Å². The van der Waals surface area contributed by atoms with Gasteiger partial charge in [-0.1, -0.05) is 13.8 Å². The third-order valence-corrected chi connectivity index (χ3v) is 6.11. The predicted octanol–water partition coefficient (Wildman–Crippen LogP) is 1.91. The SMILES string of the molecule is CC(C)CN(CC1Cc2c(cc(O)c(N3CC(=O)NS3(=O)=O)c2F)O1)C(=O)OC(C)(C)C. The highest BCUT2D eigenvalue weighted by molar-refractivity contribution is 7.92. The number of fused-ring (bicyclic) bond motifs is 1. The van der Waals surface area contributed by atoms with Crippen LogP contribution in [0.2, 0.25) is 0 Å². The summed E-state index contributed by atoms with van der Waals surface area (Å²) in [7, 11) is -4.30. The summed E-state index contributed by atoms with van der Waals surface area (Å²) in [4.78, 5) is 25.6.